The lowest BCUT2D eigenvalue weighted by Gasteiger charge is -2.12. The molecule has 0 saturated heterocycles. The van der Waals surface area contributed by atoms with Crippen molar-refractivity contribution in [3.05, 3.63) is 56.6 Å². The van der Waals surface area contributed by atoms with Gasteiger partial charge in [-0.3, -0.25) is 20.2 Å². The van der Waals surface area contributed by atoms with E-state index in [0.29, 0.717) is 24.7 Å². The Morgan fingerprint density at radius 1 is 0.643 bits per heavy atom. The molecule has 0 unspecified atom stereocenters. The molecule has 0 saturated carbocycles. The van der Waals surface area contributed by atoms with Crippen molar-refractivity contribution in [2.45, 2.75) is 38.5 Å². The fraction of sp³-hybridized carbons (Fsp3) is 0.400. The zero-order chi connectivity index (χ0) is 19.9. The van der Waals surface area contributed by atoms with Gasteiger partial charge in [-0.1, -0.05) is 25.7 Å². The fourth-order valence-electron chi connectivity index (χ4n) is 3.25. The molecular weight excluding hydrogens is 364 g/mol. The topological polar surface area (TPSA) is 105 Å². The number of benzene rings is 2. The predicted molar refractivity (Wildman–Crippen MR) is 104 cm³/mol. The summed E-state index contributed by atoms with van der Waals surface area (Å²) in [6.45, 7) is 1.00. The number of fused-ring (bicyclic) bond motifs is 5. The van der Waals surface area contributed by atoms with Crippen LogP contribution in [0.15, 0.2) is 36.4 Å². The second kappa shape index (κ2) is 9.16. The summed E-state index contributed by atoms with van der Waals surface area (Å²) in [6, 6.07) is 8.69. The Morgan fingerprint density at radius 2 is 1.04 bits per heavy atom. The molecule has 2 aromatic carbocycles. The average Bonchev–Trinajstić information content (AvgIpc) is 2.68. The van der Waals surface area contributed by atoms with Crippen molar-refractivity contribution in [2.24, 2.45) is 0 Å². The molecular formula is C20H22N2O6. The molecule has 0 radical (unpaired) electrons. The third kappa shape index (κ3) is 4.76. The van der Waals surface area contributed by atoms with Crippen molar-refractivity contribution in [3.8, 4) is 22.6 Å². The Hall–Kier alpha value is -3.16. The van der Waals surface area contributed by atoms with Gasteiger partial charge in [-0.05, 0) is 37.1 Å². The quantitative estimate of drug-likeness (QED) is 0.513. The van der Waals surface area contributed by atoms with Gasteiger partial charge < -0.3 is 9.47 Å². The molecule has 0 aromatic heterocycles. The Bertz CT molecular complexity index is 796. The molecule has 0 spiro atoms. The minimum atomic E-state index is -0.547. The van der Waals surface area contributed by atoms with Gasteiger partial charge in [-0.15, -0.1) is 0 Å². The van der Waals surface area contributed by atoms with Crippen LogP contribution in [0.25, 0.3) is 11.1 Å². The van der Waals surface area contributed by atoms with Crippen molar-refractivity contribution in [1.82, 2.24) is 0 Å². The summed E-state index contributed by atoms with van der Waals surface area (Å²) < 4.78 is 11.5. The minimum Gasteiger partial charge on any atom is -0.494 e. The summed E-state index contributed by atoms with van der Waals surface area (Å²) in [5.74, 6) is 0.904. The third-order valence-electron chi connectivity index (χ3n) is 4.70. The first-order valence-corrected chi connectivity index (χ1v) is 9.39. The summed E-state index contributed by atoms with van der Waals surface area (Å²) in [4.78, 5) is 21.9. The third-order valence-corrected chi connectivity index (χ3v) is 4.70. The molecule has 2 aromatic rings. The van der Waals surface area contributed by atoms with E-state index in [4.69, 9.17) is 9.47 Å². The largest absolute Gasteiger partial charge is 0.494 e. The molecule has 0 amide bonds. The Balaban J connectivity index is 2.09. The van der Waals surface area contributed by atoms with Crippen molar-refractivity contribution in [1.29, 1.82) is 0 Å². The van der Waals surface area contributed by atoms with Crippen LogP contribution < -0.4 is 9.47 Å². The second-order valence-electron chi connectivity index (χ2n) is 6.69. The van der Waals surface area contributed by atoms with Crippen molar-refractivity contribution in [2.75, 3.05) is 13.2 Å². The molecule has 0 aliphatic carbocycles. The van der Waals surface area contributed by atoms with Crippen molar-refractivity contribution >= 4 is 11.4 Å². The monoisotopic (exact) mass is 386 g/mol. The highest BCUT2D eigenvalue weighted by atomic mass is 16.6. The number of nitro benzene ring substituents is 2. The van der Waals surface area contributed by atoms with Gasteiger partial charge in [-0.2, -0.15) is 0 Å². The van der Waals surface area contributed by atoms with Crippen LogP contribution >= 0.6 is 0 Å². The standard InChI is InChI=1S/C20H22N2O6/c23-21(24)19-9-7-15-13-17(19)18-14-16(8-10-20(18)22(25)26)28-12-6-4-2-1-3-5-11-27-15/h7-10,13-14H,1-6,11-12H2. The molecule has 4 bridgehead atoms. The zero-order valence-electron chi connectivity index (χ0n) is 15.5. The van der Waals surface area contributed by atoms with Crippen LogP contribution in [0, 0.1) is 20.2 Å². The minimum absolute atomic E-state index is 0.145. The van der Waals surface area contributed by atoms with Crippen LogP contribution in [0.2, 0.25) is 0 Å². The number of nitrogens with zero attached hydrogens (tertiary/aromatic N) is 2. The number of hydrogen-bond acceptors (Lipinski definition) is 6. The molecule has 0 N–H and O–H groups in total. The van der Waals surface area contributed by atoms with Crippen LogP contribution in [0.3, 0.4) is 0 Å². The van der Waals surface area contributed by atoms with Gasteiger partial charge in [0.05, 0.1) is 34.2 Å². The molecule has 0 atom stereocenters. The van der Waals surface area contributed by atoms with E-state index in [9.17, 15) is 20.2 Å². The number of rotatable bonds is 2. The Morgan fingerprint density at radius 3 is 1.43 bits per heavy atom. The molecule has 1 heterocycles. The summed E-state index contributed by atoms with van der Waals surface area (Å²) in [7, 11) is 0. The molecule has 8 nitrogen and oxygen atoms in total. The maximum absolute atomic E-state index is 11.5. The van der Waals surface area contributed by atoms with Crippen LogP contribution in [-0.4, -0.2) is 23.1 Å². The maximum Gasteiger partial charge on any atom is 0.277 e. The van der Waals surface area contributed by atoms with Gasteiger partial charge in [0.25, 0.3) is 11.4 Å². The molecule has 8 heteroatoms. The first-order valence-electron chi connectivity index (χ1n) is 9.39. The number of hydrogen-bond donors (Lipinski definition) is 0. The van der Waals surface area contributed by atoms with Crippen molar-refractivity contribution in [3.63, 3.8) is 0 Å². The Labute approximate surface area is 162 Å². The van der Waals surface area contributed by atoms with Crippen LogP contribution in [-0.2, 0) is 0 Å². The molecule has 0 fully saturated rings. The first kappa shape index (κ1) is 19.6. The van der Waals surface area contributed by atoms with Crippen molar-refractivity contribution < 1.29 is 19.3 Å². The van der Waals surface area contributed by atoms with Gasteiger partial charge in [-0.25, -0.2) is 0 Å². The van der Waals surface area contributed by atoms with E-state index in [1.54, 1.807) is 0 Å². The van der Waals surface area contributed by atoms with E-state index >= 15 is 0 Å². The number of ether oxygens (including phenoxy) is 2. The predicted octanol–water partition coefficient (Wildman–Crippen LogP) is 5.28. The second-order valence-corrected chi connectivity index (χ2v) is 6.69. The van der Waals surface area contributed by atoms with Gasteiger partial charge in [0.15, 0.2) is 0 Å². The van der Waals surface area contributed by atoms with Crippen LogP contribution in [0.1, 0.15) is 38.5 Å². The highest BCUT2D eigenvalue weighted by Gasteiger charge is 2.24. The van der Waals surface area contributed by atoms with E-state index in [1.165, 1.54) is 36.4 Å². The van der Waals surface area contributed by atoms with E-state index in [0.717, 1.165) is 38.5 Å². The average molecular weight is 386 g/mol. The lowest BCUT2D eigenvalue weighted by Crippen LogP contribution is -2.02. The Kier molecular flexibility index (Phi) is 6.41. The van der Waals surface area contributed by atoms with Crippen LogP contribution in [0.4, 0.5) is 11.4 Å². The van der Waals surface area contributed by atoms with Gasteiger partial charge in [0.1, 0.15) is 11.5 Å². The smallest absolute Gasteiger partial charge is 0.277 e. The lowest BCUT2D eigenvalue weighted by molar-refractivity contribution is -0.386. The van der Waals surface area contributed by atoms with E-state index in [1.807, 2.05) is 0 Å². The lowest BCUT2D eigenvalue weighted by atomic mass is 10.0. The van der Waals surface area contributed by atoms with Gasteiger partial charge in [0.2, 0.25) is 0 Å². The van der Waals surface area contributed by atoms with E-state index in [-0.39, 0.29) is 22.5 Å². The highest BCUT2D eigenvalue weighted by Crippen LogP contribution is 2.40. The highest BCUT2D eigenvalue weighted by molar-refractivity contribution is 5.82. The van der Waals surface area contributed by atoms with Gasteiger partial charge >= 0.3 is 0 Å². The summed E-state index contributed by atoms with van der Waals surface area (Å²) in [6.07, 6.45) is 6.11. The molecule has 1 aliphatic rings. The van der Waals surface area contributed by atoms with Gasteiger partial charge in [0, 0.05) is 12.1 Å². The van der Waals surface area contributed by atoms with E-state index < -0.39 is 9.85 Å². The molecule has 28 heavy (non-hydrogen) atoms. The van der Waals surface area contributed by atoms with Crippen LogP contribution in [0.5, 0.6) is 11.5 Å². The summed E-state index contributed by atoms with van der Waals surface area (Å²) in [5, 5.41) is 23.0. The SMILES string of the molecule is O=[N+]([O-])c1ccc2cc1-c1cc(ccc1[N+](=O)[O-])OCCCCCCCCO2. The maximum atomic E-state index is 11.5. The fourth-order valence-corrected chi connectivity index (χ4v) is 3.25. The number of nitro groups is 2. The molecule has 148 valence electrons. The summed E-state index contributed by atoms with van der Waals surface area (Å²) in [5.41, 5.74) is -0.138. The molecule has 3 rings (SSSR count). The molecule has 1 aliphatic heterocycles. The van der Waals surface area contributed by atoms with E-state index in [2.05, 4.69) is 0 Å². The summed E-state index contributed by atoms with van der Waals surface area (Å²) >= 11 is 0. The zero-order valence-corrected chi connectivity index (χ0v) is 15.5. The first-order chi connectivity index (χ1) is 13.6. The normalized spacial score (nSPS) is 15.1.